The second kappa shape index (κ2) is 4.11. The average Bonchev–Trinajstić information content (AvgIpc) is 3.05. The van der Waals surface area contributed by atoms with Gasteiger partial charge in [0.25, 0.3) is 0 Å². The molecule has 1 aromatic rings. The van der Waals surface area contributed by atoms with Gasteiger partial charge in [-0.3, -0.25) is 0 Å². The summed E-state index contributed by atoms with van der Waals surface area (Å²) in [7, 11) is 0. The van der Waals surface area contributed by atoms with Crippen LogP contribution in [0.2, 0.25) is 5.02 Å². The van der Waals surface area contributed by atoms with Crippen molar-refractivity contribution in [1.29, 1.82) is 0 Å². The maximum absolute atomic E-state index is 14.4. The van der Waals surface area contributed by atoms with Crippen LogP contribution in [-0.2, 0) is 6.42 Å². The van der Waals surface area contributed by atoms with Crippen molar-refractivity contribution >= 4 is 11.6 Å². The molecule has 0 bridgehead atoms. The van der Waals surface area contributed by atoms with Gasteiger partial charge in [0.05, 0.1) is 0 Å². The first-order valence-corrected chi connectivity index (χ1v) is 5.66. The van der Waals surface area contributed by atoms with Crippen molar-refractivity contribution in [3.63, 3.8) is 0 Å². The Bertz CT molecular complexity index is 351. The Morgan fingerprint density at radius 2 is 2.07 bits per heavy atom. The molecule has 0 aliphatic heterocycles. The van der Waals surface area contributed by atoms with Crippen molar-refractivity contribution in [2.45, 2.75) is 24.9 Å². The largest absolute Gasteiger partial charge is 0.328 e. The van der Waals surface area contributed by atoms with Crippen LogP contribution in [0.15, 0.2) is 24.3 Å². The summed E-state index contributed by atoms with van der Waals surface area (Å²) in [5.41, 5.74) is 5.13. The Hall–Kier alpha value is -0.600. The van der Waals surface area contributed by atoms with Gasteiger partial charge in [-0.05, 0) is 30.4 Å². The van der Waals surface area contributed by atoms with Gasteiger partial charge in [0.15, 0.2) is 0 Å². The second-order valence-corrected chi connectivity index (χ2v) is 4.69. The number of benzene rings is 1. The van der Waals surface area contributed by atoms with E-state index in [0.717, 1.165) is 18.4 Å². The van der Waals surface area contributed by atoms with Crippen LogP contribution in [0.5, 0.6) is 0 Å². The number of hydrogen-bond acceptors (Lipinski definition) is 1. The molecule has 0 saturated heterocycles. The zero-order valence-corrected chi connectivity index (χ0v) is 9.30. The topological polar surface area (TPSA) is 26.0 Å². The average molecular weight is 228 g/mol. The van der Waals surface area contributed by atoms with Crippen LogP contribution in [0.3, 0.4) is 0 Å². The molecule has 0 spiro atoms. The summed E-state index contributed by atoms with van der Waals surface area (Å²) < 4.78 is 14.4. The van der Waals surface area contributed by atoms with Gasteiger partial charge in [-0.15, -0.1) is 0 Å². The first kappa shape index (κ1) is 10.9. The minimum atomic E-state index is -1.26. The molecule has 0 aromatic heterocycles. The van der Waals surface area contributed by atoms with Crippen LogP contribution in [0, 0.1) is 5.92 Å². The maximum atomic E-state index is 14.4. The third kappa shape index (κ3) is 2.32. The Morgan fingerprint density at radius 1 is 1.40 bits per heavy atom. The minimum absolute atomic E-state index is 0.0862. The molecule has 2 rings (SSSR count). The van der Waals surface area contributed by atoms with Crippen molar-refractivity contribution in [1.82, 2.24) is 0 Å². The van der Waals surface area contributed by atoms with E-state index in [0.29, 0.717) is 11.4 Å². The number of halogens is 2. The molecule has 1 aliphatic carbocycles. The second-order valence-electron chi connectivity index (χ2n) is 4.28. The summed E-state index contributed by atoms with van der Waals surface area (Å²) in [5.74, 6) is 0.138. The predicted octanol–water partition coefficient (Wildman–Crippen LogP) is 2.96. The summed E-state index contributed by atoms with van der Waals surface area (Å²) in [5, 5.41) is 0.633. The van der Waals surface area contributed by atoms with Crippen LogP contribution >= 0.6 is 11.6 Å². The Kier molecular flexibility index (Phi) is 2.98. The summed E-state index contributed by atoms with van der Waals surface area (Å²) in [6, 6.07) is 7.39. The van der Waals surface area contributed by atoms with E-state index in [1.807, 2.05) is 18.2 Å². The number of alkyl halides is 1. The molecule has 1 aliphatic rings. The monoisotopic (exact) mass is 227 g/mol. The third-order valence-corrected chi connectivity index (χ3v) is 3.46. The van der Waals surface area contributed by atoms with Gasteiger partial charge in [-0.25, -0.2) is 4.39 Å². The van der Waals surface area contributed by atoms with Gasteiger partial charge < -0.3 is 5.73 Å². The molecule has 0 amide bonds. The summed E-state index contributed by atoms with van der Waals surface area (Å²) in [6.07, 6.45) is 2.25. The summed E-state index contributed by atoms with van der Waals surface area (Å²) in [4.78, 5) is 0. The Labute approximate surface area is 94.4 Å². The van der Waals surface area contributed by atoms with Crippen LogP contribution in [0.25, 0.3) is 0 Å². The molecule has 1 saturated carbocycles. The number of rotatable bonds is 4. The number of hydrogen-bond donors (Lipinski definition) is 1. The van der Waals surface area contributed by atoms with Crippen LogP contribution in [0.4, 0.5) is 4.39 Å². The van der Waals surface area contributed by atoms with Crippen molar-refractivity contribution < 1.29 is 4.39 Å². The van der Waals surface area contributed by atoms with Crippen LogP contribution < -0.4 is 5.73 Å². The molecule has 1 atom stereocenters. The van der Waals surface area contributed by atoms with Crippen molar-refractivity contribution in [2.24, 2.45) is 11.7 Å². The highest BCUT2D eigenvalue weighted by atomic mass is 35.5. The molecule has 1 nitrogen and oxygen atoms in total. The normalized spacial score (nSPS) is 19.9. The van der Waals surface area contributed by atoms with E-state index < -0.39 is 5.67 Å². The van der Waals surface area contributed by atoms with Crippen LogP contribution in [0.1, 0.15) is 18.4 Å². The molecule has 3 heteroatoms. The zero-order valence-electron chi connectivity index (χ0n) is 8.55. The fourth-order valence-electron chi connectivity index (χ4n) is 1.94. The van der Waals surface area contributed by atoms with E-state index >= 15 is 0 Å². The molecule has 1 fully saturated rings. The van der Waals surface area contributed by atoms with Gasteiger partial charge in [-0.2, -0.15) is 0 Å². The van der Waals surface area contributed by atoms with Gasteiger partial charge >= 0.3 is 0 Å². The summed E-state index contributed by atoms with van der Waals surface area (Å²) in [6.45, 7) is 0.0862. The van der Waals surface area contributed by atoms with Crippen molar-refractivity contribution in [2.75, 3.05) is 6.54 Å². The standard InChI is InChI=1S/C12H15ClFN/c13-11-4-2-1-3-9(11)7-12(14,8-15)10-5-6-10/h1-4,10H,5-8,15H2. The molecule has 0 heterocycles. The van der Waals surface area contributed by atoms with E-state index in [1.165, 1.54) is 0 Å². The molecular formula is C12H15ClFN. The van der Waals surface area contributed by atoms with Gasteiger partial charge in [0.2, 0.25) is 0 Å². The maximum Gasteiger partial charge on any atom is 0.130 e. The van der Waals surface area contributed by atoms with Crippen molar-refractivity contribution in [3.8, 4) is 0 Å². The van der Waals surface area contributed by atoms with E-state index in [4.69, 9.17) is 17.3 Å². The lowest BCUT2D eigenvalue weighted by Gasteiger charge is -2.23. The van der Waals surface area contributed by atoms with Gasteiger partial charge in [0.1, 0.15) is 5.67 Å². The molecule has 15 heavy (non-hydrogen) atoms. The molecule has 2 N–H and O–H groups in total. The van der Waals surface area contributed by atoms with E-state index in [1.54, 1.807) is 6.07 Å². The molecular weight excluding hydrogens is 213 g/mol. The predicted molar refractivity (Wildman–Crippen MR) is 60.8 cm³/mol. The highest BCUT2D eigenvalue weighted by Crippen LogP contribution is 2.44. The molecule has 0 radical (unpaired) electrons. The first-order chi connectivity index (χ1) is 7.15. The number of nitrogens with two attached hydrogens (primary N) is 1. The molecule has 82 valence electrons. The highest BCUT2D eigenvalue weighted by molar-refractivity contribution is 6.31. The van der Waals surface area contributed by atoms with Crippen LogP contribution in [-0.4, -0.2) is 12.2 Å². The van der Waals surface area contributed by atoms with E-state index in [9.17, 15) is 4.39 Å². The van der Waals surface area contributed by atoms with E-state index in [-0.39, 0.29) is 12.5 Å². The lowest BCUT2D eigenvalue weighted by atomic mass is 9.91. The first-order valence-electron chi connectivity index (χ1n) is 5.28. The molecule has 1 unspecified atom stereocenters. The Balaban J connectivity index is 2.16. The van der Waals surface area contributed by atoms with Crippen molar-refractivity contribution in [3.05, 3.63) is 34.9 Å². The van der Waals surface area contributed by atoms with Gasteiger partial charge in [0, 0.05) is 18.0 Å². The zero-order chi connectivity index (χ0) is 10.9. The molecule has 1 aromatic carbocycles. The lowest BCUT2D eigenvalue weighted by Crippen LogP contribution is -2.37. The smallest absolute Gasteiger partial charge is 0.130 e. The highest BCUT2D eigenvalue weighted by Gasteiger charge is 2.44. The minimum Gasteiger partial charge on any atom is -0.328 e. The van der Waals surface area contributed by atoms with E-state index in [2.05, 4.69) is 0 Å². The fourth-order valence-corrected chi connectivity index (χ4v) is 2.14. The SMILES string of the molecule is NCC(F)(Cc1ccccc1Cl)C1CC1. The summed E-state index contributed by atoms with van der Waals surface area (Å²) >= 11 is 6.00. The fraction of sp³-hybridized carbons (Fsp3) is 0.500. The quantitative estimate of drug-likeness (QED) is 0.841. The van der Waals surface area contributed by atoms with Gasteiger partial charge in [-0.1, -0.05) is 29.8 Å². The third-order valence-electron chi connectivity index (χ3n) is 3.09. The lowest BCUT2D eigenvalue weighted by molar-refractivity contribution is 0.142. The Morgan fingerprint density at radius 3 is 2.60 bits per heavy atom.